The number of hydrogen-bond acceptors (Lipinski definition) is 6. The molecule has 0 aliphatic carbocycles. The summed E-state index contributed by atoms with van der Waals surface area (Å²) in [7, 11) is -3.66. The summed E-state index contributed by atoms with van der Waals surface area (Å²) in [6.07, 6.45) is 2.86. The number of pyridine rings is 1. The van der Waals surface area contributed by atoms with Crippen molar-refractivity contribution < 1.29 is 22.7 Å². The highest BCUT2D eigenvalue weighted by Gasteiger charge is 2.21. The van der Waals surface area contributed by atoms with Crippen molar-refractivity contribution in [1.29, 1.82) is 0 Å². The van der Waals surface area contributed by atoms with Gasteiger partial charge in [-0.05, 0) is 24.3 Å². The molecule has 2 heterocycles. The van der Waals surface area contributed by atoms with Crippen molar-refractivity contribution in [3.8, 4) is 5.75 Å². The Morgan fingerprint density at radius 2 is 2.16 bits per heavy atom. The Bertz CT molecular complexity index is 913. The quantitative estimate of drug-likeness (QED) is 0.827. The molecule has 0 spiro atoms. The lowest BCUT2D eigenvalue weighted by Gasteiger charge is -2.18. The zero-order chi connectivity index (χ0) is 17.9. The molecule has 9 heteroatoms. The summed E-state index contributed by atoms with van der Waals surface area (Å²) in [6.45, 7) is -0.163. The van der Waals surface area contributed by atoms with Crippen molar-refractivity contribution in [3.05, 3.63) is 42.7 Å². The molecular formula is C16H15N3O5S. The molecule has 1 aromatic carbocycles. The summed E-state index contributed by atoms with van der Waals surface area (Å²) >= 11 is 0. The van der Waals surface area contributed by atoms with Gasteiger partial charge >= 0.3 is 0 Å². The molecule has 0 atom stereocenters. The SMILES string of the molecule is O=C(CCS(=O)(=O)c1ccc2c(c1)OCC(=O)N2)Nc1cccnc1. The van der Waals surface area contributed by atoms with Crippen molar-refractivity contribution in [2.45, 2.75) is 11.3 Å². The Kier molecular flexibility index (Phi) is 4.66. The van der Waals surface area contributed by atoms with E-state index >= 15 is 0 Å². The van der Waals surface area contributed by atoms with Gasteiger partial charge < -0.3 is 15.4 Å². The van der Waals surface area contributed by atoms with Gasteiger partial charge in [-0.1, -0.05) is 0 Å². The maximum atomic E-state index is 12.4. The van der Waals surface area contributed by atoms with Crippen LogP contribution in [0.4, 0.5) is 11.4 Å². The number of fused-ring (bicyclic) bond motifs is 1. The minimum Gasteiger partial charge on any atom is -0.482 e. The van der Waals surface area contributed by atoms with E-state index in [0.29, 0.717) is 17.1 Å². The van der Waals surface area contributed by atoms with Gasteiger partial charge in [0, 0.05) is 18.7 Å². The lowest BCUT2D eigenvalue weighted by molar-refractivity contribution is -0.118. The molecular weight excluding hydrogens is 346 g/mol. The first-order chi connectivity index (χ1) is 11.9. The fourth-order valence-electron chi connectivity index (χ4n) is 2.25. The first-order valence-electron chi connectivity index (χ1n) is 7.43. The van der Waals surface area contributed by atoms with E-state index in [9.17, 15) is 18.0 Å². The molecule has 2 aromatic rings. The van der Waals surface area contributed by atoms with Gasteiger partial charge in [-0.3, -0.25) is 14.6 Å². The van der Waals surface area contributed by atoms with Crippen LogP contribution >= 0.6 is 0 Å². The van der Waals surface area contributed by atoms with Crippen LogP contribution in [-0.4, -0.2) is 37.6 Å². The first kappa shape index (κ1) is 16.9. The normalized spacial score (nSPS) is 13.4. The molecule has 0 radical (unpaired) electrons. The molecule has 3 rings (SSSR count). The van der Waals surface area contributed by atoms with E-state index in [0.717, 1.165) is 0 Å². The number of nitrogens with zero attached hydrogens (tertiary/aromatic N) is 1. The molecule has 0 unspecified atom stereocenters. The molecule has 0 saturated carbocycles. The summed E-state index contributed by atoms with van der Waals surface area (Å²) in [5.41, 5.74) is 0.923. The van der Waals surface area contributed by atoms with Crippen LogP contribution in [0.15, 0.2) is 47.6 Å². The monoisotopic (exact) mass is 361 g/mol. The maximum Gasteiger partial charge on any atom is 0.262 e. The maximum absolute atomic E-state index is 12.4. The van der Waals surface area contributed by atoms with Gasteiger partial charge in [-0.25, -0.2) is 8.42 Å². The predicted octanol–water partition coefficient (Wildman–Crippen LogP) is 1.21. The van der Waals surface area contributed by atoms with E-state index in [1.165, 1.54) is 24.4 Å². The average molecular weight is 361 g/mol. The number of rotatable bonds is 5. The number of carbonyl (C=O) groups is 2. The molecule has 1 aromatic heterocycles. The van der Waals surface area contributed by atoms with Gasteiger partial charge in [0.15, 0.2) is 16.4 Å². The van der Waals surface area contributed by atoms with Crippen molar-refractivity contribution in [1.82, 2.24) is 4.98 Å². The van der Waals surface area contributed by atoms with Crippen LogP contribution < -0.4 is 15.4 Å². The topological polar surface area (TPSA) is 114 Å². The van der Waals surface area contributed by atoms with Crippen LogP contribution in [0.2, 0.25) is 0 Å². The number of sulfone groups is 1. The van der Waals surface area contributed by atoms with Crippen molar-refractivity contribution in [3.63, 3.8) is 0 Å². The number of nitrogens with one attached hydrogen (secondary N) is 2. The Morgan fingerprint density at radius 1 is 1.32 bits per heavy atom. The largest absolute Gasteiger partial charge is 0.482 e. The molecule has 1 aliphatic heterocycles. The summed E-state index contributed by atoms with van der Waals surface area (Å²) in [4.78, 5) is 27.0. The predicted molar refractivity (Wildman–Crippen MR) is 90.1 cm³/mol. The number of benzene rings is 1. The fraction of sp³-hybridized carbons (Fsp3) is 0.188. The number of aromatic nitrogens is 1. The standard InChI is InChI=1S/C16H15N3O5S/c20-15(18-11-2-1-6-17-9-11)5-7-25(22,23)12-3-4-13-14(8-12)24-10-16(21)19-13/h1-4,6,8-9H,5,7,10H2,(H,18,20)(H,19,21). The van der Waals surface area contributed by atoms with Crippen LogP contribution in [0.25, 0.3) is 0 Å². The van der Waals surface area contributed by atoms with Gasteiger partial charge in [0.05, 0.1) is 28.2 Å². The Morgan fingerprint density at radius 3 is 2.92 bits per heavy atom. The van der Waals surface area contributed by atoms with Gasteiger partial charge in [0.25, 0.3) is 5.91 Å². The Balaban J connectivity index is 1.66. The highest BCUT2D eigenvalue weighted by Crippen LogP contribution is 2.30. The summed E-state index contributed by atoms with van der Waals surface area (Å²) in [5.74, 6) is -0.766. The first-order valence-corrected chi connectivity index (χ1v) is 9.09. The average Bonchev–Trinajstić information content (AvgIpc) is 2.60. The number of amides is 2. The summed E-state index contributed by atoms with van der Waals surface area (Å²) < 4.78 is 30.0. The zero-order valence-electron chi connectivity index (χ0n) is 13.1. The van der Waals surface area contributed by atoms with Crippen molar-refractivity contribution in [2.75, 3.05) is 23.0 Å². The van der Waals surface area contributed by atoms with Crippen LogP contribution in [-0.2, 0) is 19.4 Å². The van der Waals surface area contributed by atoms with Gasteiger partial charge in [0.2, 0.25) is 5.91 Å². The molecule has 25 heavy (non-hydrogen) atoms. The van der Waals surface area contributed by atoms with Crippen LogP contribution in [0.5, 0.6) is 5.75 Å². The molecule has 1 aliphatic rings. The smallest absolute Gasteiger partial charge is 0.262 e. The molecule has 0 bridgehead atoms. The van der Waals surface area contributed by atoms with Crippen molar-refractivity contribution >= 4 is 33.0 Å². The Hall–Kier alpha value is -2.94. The van der Waals surface area contributed by atoms with E-state index in [2.05, 4.69) is 15.6 Å². The second-order valence-corrected chi connectivity index (χ2v) is 7.46. The zero-order valence-corrected chi connectivity index (χ0v) is 13.9. The van der Waals surface area contributed by atoms with Crippen LogP contribution in [0, 0.1) is 0 Å². The number of hydrogen-bond donors (Lipinski definition) is 2. The number of carbonyl (C=O) groups excluding carboxylic acids is 2. The molecule has 0 fully saturated rings. The molecule has 130 valence electrons. The van der Waals surface area contributed by atoms with E-state index in [1.807, 2.05) is 0 Å². The molecule has 8 nitrogen and oxygen atoms in total. The van der Waals surface area contributed by atoms with Crippen LogP contribution in [0.3, 0.4) is 0 Å². The number of ether oxygens (including phenoxy) is 1. The van der Waals surface area contributed by atoms with Crippen LogP contribution in [0.1, 0.15) is 6.42 Å². The Labute approximate surface area is 144 Å². The summed E-state index contributed by atoms with van der Waals surface area (Å²) in [5, 5.41) is 5.17. The lowest BCUT2D eigenvalue weighted by Crippen LogP contribution is -2.25. The number of anilines is 2. The van der Waals surface area contributed by atoms with E-state index in [1.54, 1.807) is 18.3 Å². The third kappa shape index (κ3) is 4.13. The minimum absolute atomic E-state index is 0.0385. The van der Waals surface area contributed by atoms with Gasteiger partial charge in [-0.2, -0.15) is 0 Å². The lowest BCUT2D eigenvalue weighted by atomic mass is 10.2. The van der Waals surface area contributed by atoms with E-state index in [-0.39, 0.29) is 29.6 Å². The minimum atomic E-state index is -3.66. The second-order valence-electron chi connectivity index (χ2n) is 5.35. The third-order valence-corrected chi connectivity index (χ3v) is 5.20. The van der Waals surface area contributed by atoms with Gasteiger partial charge in [-0.15, -0.1) is 0 Å². The molecule has 2 N–H and O–H groups in total. The van der Waals surface area contributed by atoms with E-state index < -0.39 is 15.7 Å². The second kappa shape index (κ2) is 6.89. The highest BCUT2D eigenvalue weighted by atomic mass is 32.2. The molecule has 0 saturated heterocycles. The van der Waals surface area contributed by atoms with E-state index in [4.69, 9.17) is 4.74 Å². The molecule has 2 amide bonds. The fourth-order valence-corrected chi connectivity index (χ4v) is 3.51. The van der Waals surface area contributed by atoms with Gasteiger partial charge in [0.1, 0.15) is 5.75 Å². The van der Waals surface area contributed by atoms with Crippen molar-refractivity contribution in [2.24, 2.45) is 0 Å². The highest BCUT2D eigenvalue weighted by molar-refractivity contribution is 7.91. The third-order valence-electron chi connectivity index (χ3n) is 3.49. The summed E-state index contributed by atoms with van der Waals surface area (Å²) in [6, 6.07) is 7.52.